The zero-order valence-corrected chi connectivity index (χ0v) is 10.6. The molecule has 0 bridgehead atoms. The van der Waals surface area contributed by atoms with Crippen LogP contribution in [-0.2, 0) is 4.79 Å². The summed E-state index contributed by atoms with van der Waals surface area (Å²) in [6.07, 6.45) is -0.593. The van der Waals surface area contributed by atoms with Gasteiger partial charge in [-0.2, -0.15) is 0 Å². The second-order valence-electron chi connectivity index (χ2n) is 3.91. The van der Waals surface area contributed by atoms with Crippen LogP contribution < -0.4 is 10.1 Å². The van der Waals surface area contributed by atoms with Crippen molar-refractivity contribution in [3.8, 4) is 5.75 Å². The van der Waals surface area contributed by atoms with E-state index in [9.17, 15) is 14.3 Å². The van der Waals surface area contributed by atoms with Gasteiger partial charge in [0.15, 0.2) is 0 Å². The van der Waals surface area contributed by atoms with E-state index in [1.54, 1.807) is 0 Å². The highest BCUT2D eigenvalue weighted by molar-refractivity contribution is 5.75. The fourth-order valence-corrected chi connectivity index (χ4v) is 1.52. The van der Waals surface area contributed by atoms with Crippen molar-refractivity contribution in [2.45, 2.75) is 26.4 Å². The molecule has 4 nitrogen and oxygen atoms in total. The Morgan fingerprint density at radius 1 is 1.56 bits per heavy atom. The molecule has 0 unspecified atom stereocenters. The lowest BCUT2D eigenvalue weighted by atomic mass is 10.1. The zero-order chi connectivity index (χ0) is 13.5. The maximum atomic E-state index is 13.0. The summed E-state index contributed by atoms with van der Waals surface area (Å²) in [4.78, 5) is 11.2. The normalized spacial score (nSPS) is 12.0. The molecule has 0 saturated carbocycles. The Balaban J connectivity index is 2.59. The van der Waals surface area contributed by atoms with E-state index < -0.39 is 11.9 Å². The molecule has 1 aromatic rings. The standard InChI is InChI=1S/C13H18FNO3/c1-3-15-13(17)6-7-18-12-5-4-10(14)8-11(12)9(2)16/h4-5,8-9,16H,3,6-7H2,1-2H3,(H,15,17)/t9-/m1/s1. The Kier molecular flexibility index (Phi) is 5.58. The lowest BCUT2D eigenvalue weighted by Crippen LogP contribution is -2.24. The van der Waals surface area contributed by atoms with Crippen molar-refractivity contribution in [2.24, 2.45) is 0 Å². The van der Waals surface area contributed by atoms with E-state index in [4.69, 9.17) is 4.74 Å². The van der Waals surface area contributed by atoms with Crippen LogP contribution in [0.4, 0.5) is 4.39 Å². The number of benzene rings is 1. The summed E-state index contributed by atoms with van der Waals surface area (Å²) < 4.78 is 18.4. The van der Waals surface area contributed by atoms with Crippen LogP contribution in [0.3, 0.4) is 0 Å². The van der Waals surface area contributed by atoms with Crippen LogP contribution in [0.2, 0.25) is 0 Å². The molecule has 0 aliphatic carbocycles. The number of hydrogen-bond donors (Lipinski definition) is 2. The highest BCUT2D eigenvalue weighted by Crippen LogP contribution is 2.25. The van der Waals surface area contributed by atoms with E-state index in [-0.39, 0.29) is 18.9 Å². The van der Waals surface area contributed by atoms with Gasteiger partial charge in [-0.05, 0) is 32.0 Å². The Labute approximate surface area is 106 Å². The van der Waals surface area contributed by atoms with Crippen LogP contribution in [0.15, 0.2) is 18.2 Å². The van der Waals surface area contributed by atoms with E-state index in [0.29, 0.717) is 17.9 Å². The lowest BCUT2D eigenvalue weighted by Gasteiger charge is -2.13. The van der Waals surface area contributed by atoms with Gasteiger partial charge in [0, 0.05) is 12.1 Å². The van der Waals surface area contributed by atoms with Crippen LogP contribution in [-0.4, -0.2) is 24.2 Å². The number of amides is 1. The third-order valence-electron chi connectivity index (χ3n) is 2.38. The molecule has 2 N–H and O–H groups in total. The molecular weight excluding hydrogens is 237 g/mol. The second kappa shape index (κ2) is 6.96. The summed E-state index contributed by atoms with van der Waals surface area (Å²) in [5, 5.41) is 12.1. The van der Waals surface area contributed by atoms with Gasteiger partial charge in [0.05, 0.1) is 19.1 Å². The second-order valence-corrected chi connectivity index (χ2v) is 3.91. The van der Waals surface area contributed by atoms with Crippen LogP contribution in [0, 0.1) is 5.82 Å². The smallest absolute Gasteiger partial charge is 0.223 e. The van der Waals surface area contributed by atoms with Gasteiger partial charge in [-0.25, -0.2) is 4.39 Å². The molecule has 0 radical (unpaired) electrons. The summed E-state index contributed by atoms with van der Waals surface area (Å²) in [6.45, 7) is 4.14. The summed E-state index contributed by atoms with van der Waals surface area (Å²) in [6, 6.07) is 3.94. The number of halogens is 1. The van der Waals surface area contributed by atoms with Crippen molar-refractivity contribution in [1.29, 1.82) is 0 Å². The number of carbonyl (C=O) groups excluding carboxylic acids is 1. The highest BCUT2D eigenvalue weighted by atomic mass is 19.1. The molecule has 0 saturated heterocycles. The summed E-state index contributed by atoms with van der Waals surface area (Å²) >= 11 is 0. The van der Waals surface area contributed by atoms with Gasteiger partial charge in [0.25, 0.3) is 0 Å². The molecule has 100 valence electrons. The lowest BCUT2D eigenvalue weighted by molar-refractivity contribution is -0.121. The molecule has 1 atom stereocenters. The number of aliphatic hydroxyl groups excluding tert-OH is 1. The summed E-state index contributed by atoms with van der Waals surface area (Å²) in [5.41, 5.74) is 0.380. The number of rotatable bonds is 6. The minimum atomic E-state index is -0.819. The van der Waals surface area contributed by atoms with E-state index in [1.807, 2.05) is 6.92 Å². The molecule has 18 heavy (non-hydrogen) atoms. The first-order chi connectivity index (χ1) is 8.54. The average molecular weight is 255 g/mol. The minimum Gasteiger partial charge on any atom is -0.493 e. The SMILES string of the molecule is CCNC(=O)CCOc1ccc(F)cc1[C@@H](C)O. The summed E-state index contributed by atoms with van der Waals surface area (Å²) in [5.74, 6) is -0.129. The van der Waals surface area contributed by atoms with Gasteiger partial charge in [-0.1, -0.05) is 0 Å². The van der Waals surface area contributed by atoms with Crippen molar-refractivity contribution in [3.05, 3.63) is 29.6 Å². The van der Waals surface area contributed by atoms with Gasteiger partial charge in [-0.3, -0.25) is 4.79 Å². The van der Waals surface area contributed by atoms with Crippen molar-refractivity contribution in [1.82, 2.24) is 5.32 Å². The van der Waals surface area contributed by atoms with E-state index in [0.717, 1.165) is 0 Å². The molecule has 1 aromatic carbocycles. The minimum absolute atomic E-state index is 0.0989. The fourth-order valence-electron chi connectivity index (χ4n) is 1.52. The fraction of sp³-hybridized carbons (Fsp3) is 0.462. The van der Waals surface area contributed by atoms with E-state index in [1.165, 1.54) is 25.1 Å². The molecule has 1 amide bonds. The largest absolute Gasteiger partial charge is 0.493 e. The van der Waals surface area contributed by atoms with Gasteiger partial charge >= 0.3 is 0 Å². The van der Waals surface area contributed by atoms with Crippen molar-refractivity contribution in [2.75, 3.05) is 13.2 Å². The molecule has 0 spiro atoms. The molecule has 0 aromatic heterocycles. The number of carbonyl (C=O) groups is 1. The highest BCUT2D eigenvalue weighted by Gasteiger charge is 2.11. The number of ether oxygens (including phenoxy) is 1. The predicted octanol–water partition coefficient (Wildman–Crippen LogP) is 1.78. The number of aliphatic hydroxyl groups is 1. The first kappa shape index (κ1) is 14.4. The Morgan fingerprint density at radius 3 is 2.89 bits per heavy atom. The van der Waals surface area contributed by atoms with Gasteiger partial charge in [-0.15, -0.1) is 0 Å². The van der Waals surface area contributed by atoms with Crippen molar-refractivity contribution in [3.63, 3.8) is 0 Å². The number of hydrogen-bond acceptors (Lipinski definition) is 3. The van der Waals surface area contributed by atoms with Crippen LogP contribution >= 0.6 is 0 Å². The maximum absolute atomic E-state index is 13.0. The van der Waals surface area contributed by atoms with Crippen molar-refractivity contribution >= 4 is 5.91 Å². The van der Waals surface area contributed by atoms with Crippen LogP contribution in [0.25, 0.3) is 0 Å². The van der Waals surface area contributed by atoms with E-state index in [2.05, 4.69) is 5.32 Å². The van der Waals surface area contributed by atoms with Crippen molar-refractivity contribution < 1.29 is 19.0 Å². The molecule has 5 heteroatoms. The molecular formula is C13H18FNO3. The monoisotopic (exact) mass is 255 g/mol. The van der Waals surface area contributed by atoms with Crippen LogP contribution in [0.1, 0.15) is 31.9 Å². The maximum Gasteiger partial charge on any atom is 0.223 e. The molecule has 0 heterocycles. The third kappa shape index (κ3) is 4.33. The first-order valence-corrected chi connectivity index (χ1v) is 5.91. The predicted molar refractivity (Wildman–Crippen MR) is 65.8 cm³/mol. The molecule has 0 fully saturated rings. The van der Waals surface area contributed by atoms with Gasteiger partial charge in [0.2, 0.25) is 5.91 Å². The van der Waals surface area contributed by atoms with E-state index >= 15 is 0 Å². The molecule has 0 aliphatic heterocycles. The Morgan fingerprint density at radius 2 is 2.28 bits per heavy atom. The Hall–Kier alpha value is -1.62. The molecule has 1 rings (SSSR count). The van der Waals surface area contributed by atoms with Gasteiger partial charge < -0.3 is 15.2 Å². The number of nitrogens with one attached hydrogen (secondary N) is 1. The average Bonchev–Trinajstić information content (AvgIpc) is 2.31. The topological polar surface area (TPSA) is 58.6 Å². The quantitative estimate of drug-likeness (QED) is 0.814. The molecule has 0 aliphatic rings. The summed E-state index contributed by atoms with van der Waals surface area (Å²) in [7, 11) is 0. The third-order valence-corrected chi connectivity index (χ3v) is 2.38. The zero-order valence-electron chi connectivity index (χ0n) is 10.6. The van der Waals surface area contributed by atoms with Gasteiger partial charge in [0.1, 0.15) is 11.6 Å². The van der Waals surface area contributed by atoms with Crippen LogP contribution in [0.5, 0.6) is 5.75 Å². The first-order valence-electron chi connectivity index (χ1n) is 5.91. The Bertz CT molecular complexity index is 407.